The van der Waals surface area contributed by atoms with Gasteiger partial charge in [-0.1, -0.05) is 27.2 Å². The molecule has 27 heavy (non-hydrogen) atoms. The Morgan fingerprint density at radius 1 is 1.41 bits per heavy atom. The number of rotatable bonds is 3. The van der Waals surface area contributed by atoms with Crippen molar-refractivity contribution in [2.24, 2.45) is 5.16 Å². The molecule has 1 aromatic heterocycles. The first kappa shape index (κ1) is 17.7. The molecule has 0 bridgehead atoms. The molecule has 1 fully saturated rings. The minimum absolute atomic E-state index is 0.162. The SMILES string of the molecule is CC1(C)/C(=N/OC[C@@H]2CNC(=O)O2)c2cc(Br)ccc2-c2ncnc(N)c21. The molecule has 2 aliphatic rings. The van der Waals surface area contributed by atoms with Crippen LogP contribution in [-0.2, 0) is 15.0 Å². The zero-order chi connectivity index (χ0) is 19.2. The lowest BCUT2D eigenvalue weighted by molar-refractivity contribution is 0.0487. The van der Waals surface area contributed by atoms with Gasteiger partial charge >= 0.3 is 6.09 Å². The first-order valence-electron chi connectivity index (χ1n) is 8.44. The molecule has 0 saturated carbocycles. The van der Waals surface area contributed by atoms with Crippen LogP contribution in [0.2, 0.25) is 0 Å². The molecule has 1 amide bonds. The molecule has 140 valence electrons. The van der Waals surface area contributed by atoms with Crippen molar-refractivity contribution in [3.8, 4) is 11.3 Å². The maximum Gasteiger partial charge on any atom is 0.407 e. The highest BCUT2D eigenvalue weighted by molar-refractivity contribution is 9.10. The lowest BCUT2D eigenvalue weighted by Crippen LogP contribution is -2.36. The van der Waals surface area contributed by atoms with Crippen LogP contribution in [0.25, 0.3) is 11.3 Å². The van der Waals surface area contributed by atoms with E-state index in [4.69, 9.17) is 15.3 Å². The first-order valence-corrected chi connectivity index (χ1v) is 9.23. The Hall–Kier alpha value is -2.68. The highest BCUT2D eigenvalue weighted by Gasteiger charge is 2.40. The van der Waals surface area contributed by atoms with Gasteiger partial charge in [-0.2, -0.15) is 0 Å². The summed E-state index contributed by atoms with van der Waals surface area (Å²) in [5.41, 5.74) is 9.76. The molecule has 1 aromatic carbocycles. The van der Waals surface area contributed by atoms with Gasteiger partial charge in [0.2, 0.25) is 0 Å². The molecule has 3 N–H and O–H groups in total. The van der Waals surface area contributed by atoms with E-state index in [0.717, 1.165) is 26.9 Å². The molecule has 9 heteroatoms. The first-order chi connectivity index (χ1) is 12.9. The number of amides is 1. The fourth-order valence-electron chi connectivity index (χ4n) is 3.47. The van der Waals surface area contributed by atoms with E-state index in [-0.39, 0.29) is 12.7 Å². The number of nitrogens with zero attached hydrogens (tertiary/aromatic N) is 3. The zero-order valence-electron chi connectivity index (χ0n) is 14.8. The Labute approximate surface area is 164 Å². The number of nitrogen functional groups attached to an aromatic ring is 1. The molecule has 1 aliphatic carbocycles. The lowest BCUT2D eigenvalue weighted by atomic mass is 9.70. The minimum atomic E-state index is -0.570. The molecule has 8 nitrogen and oxygen atoms in total. The van der Waals surface area contributed by atoms with E-state index < -0.39 is 11.5 Å². The highest BCUT2D eigenvalue weighted by Crippen LogP contribution is 2.44. The summed E-state index contributed by atoms with van der Waals surface area (Å²) in [5.74, 6) is 0.417. The van der Waals surface area contributed by atoms with E-state index in [1.165, 1.54) is 6.33 Å². The third-order valence-corrected chi connectivity index (χ3v) is 5.24. The van der Waals surface area contributed by atoms with Gasteiger partial charge < -0.3 is 20.6 Å². The average molecular weight is 432 g/mol. The van der Waals surface area contributed by atoms with Crippen molar-refractivity contribution in [3.05, 3.63) is 40.1 Å². The van der Waals surface area contributed by atoms with Gasteiger partial charge in [-0.25, -0.2) is 14.8 Å². The number of aromatic nitrogens is 2. The lowest BCUT2D eigenvalue weighted by Gasteiger charge is -2.34. The van der Waals surface area contributed by atoms with Crippen molar-refractivity contribution in [3.63, 3.8) is 0 Å². The van der Waals surface area contributed by atoms with Crippen molar-refractivity contribution >= 4 is 33.6 Å². The molecular formula is C18H18BrN5O3. The van der Waals surface area contributed by atoms with Gasteiger partial charge in [0.15, 0.2) is 12.7 Å². The minimum Gasteiger partial charge on any atom is -0.441 e. The van der Waals surface area contributed by atoms with Gasteiger partial charge in [-0.3, -0.25) is 0 Å². The molecule has 1 saturated heterocycles. The Bertz CT molecular complexity index is 960. The molecule has 0 unspecified atom stereocenters. The number of carbonyl (C=O) groups excluding carboxylic acids is 1. The van der Waals surface area contributed by atoms with E-state index in [1.54, 1.807) is 0 Å². The molecule has 2 heterocycles. The van der Waals surface area contributed by atoms with Crippen molar-refractivity contribution < 1.29 is 14.4 Å². The number of anilines is 1. The number of hydrogen-bond acceptors (Lipinski definition) is 7. The van der Waals surface area contributed by atoms with Crippen LogP contribution >= 0.6 is 15.9 Å². The summed E-state index contributed by atoms with van der Waals surface area (Å²) in [4.78, 5) is 25.3. The average Bonchev–Trinajstić information content (AvgIpc) is 3.02. The topological polar surface area (TPSA) is 112 Å². The van der Waals surface area contributed by atoms with Gasteiger partial charge in [0.1, 0.15) is 12.1 Å². The van der Waals surface area contributed by atoms with Gasteiger partial charge in [-0.15, -0.1) is 0 Å². The Morgan fingerprint density at radius 3 is 2.96 bits per heavy atom. The summed E-state index contributed by atoms with van der Waals surface area (Å²) >= 11 is 3.52. The number of oxime groups is 1. The fraction of sp³-hybridized carbons (Fsp3) is 0.333. The van der Waals surface area contributed by atoms with Crippen molar-refractivity contribution in [1.29, 1.82) is 0 Å². The maximum absolute atomic E-state index is 11.1. The normalized spacial score (nSPS) is 21.2. The van der Waals surface area contributed by atoms with Crippen LogP contribution in [0.3, 0.4) is 0 Å². The van der Waals surface area contributed by atoms with Crippen molar-refractivity contribution in [2.75, 3.05) is 18.9 Å². The van der Waals surface area contributed by atoms with E-state index in [9.17, 15) is 4.79 Å². The standard InChI is InChI=1S/C18H18BrN5O3/c1-18(2)13-14(22-8-23-16(13)20)11-4-3-9(19)5-12(11)15(18)24-26-7-10-6-21-17(25)27-10/h3-5,8,10H,6-7H2,1-2H3,(H,21,25)(H2,20,22,23)/b24-15+/t10-/m0/s1. The summed E-state index contributed by atoms with van der Waals surface area (Å²) in [6.07, 6.45) is 0.662. The van der Waals surface area contributed by atoms with E-state index in [2.05, 4.69) is 36.4 Å². The van der Waals surface area contributed by atoms with Crippen LogP contribution < -0.4 is 11.1 Å². The number of benzene rings is 1. The van der Waals surface area contributed by atoms with Crippen molar-refractivity contribution in [2.45, 2.75) is 25.4 Å². The molecule has 2 aromatic rings. The van der Waals surface area contributed by atoms with Crippen molar-refractivity contribution in [1.82, 2.24) is 15.3 Å². The number of cyclic esters (lactones) is 1. The number of alkyl carbamates (subject to hydrolysis) is 1. The summed E-state index contributed by atoms with van der Waals surface area (Å²) in [5, 5.41) is 7.00. The Kier molecular flexibility index (Phi) is 4.26. The van der Waals surface area contributed by atoms with Crippen LogP contribution in [0, 0.1) is 0 Å². The molecule has 4 rings (SSSR count). The second kappa shape index (κ2) is 6.49. The summed E-state index contributed by atoms with van der Waals surface area (Å²) in [7, 11) is 0. The molecule has 0 spiro atoms. The summed E-state index contributed by atoms with van der Waals surface area (Å²) in [6, 6.07) is 5.90. The molecule has 1 atom stereocenters. The number of halogens is 1. The van der Waals surface area contributed by atoms with Crippen LogP contribution in [0.1, 0.15) is 25.0 Å². The third-order valence-electron chi connectivity index (χ3n) is 4.75. The Morgan fingerprint density at radius 2 is 2.22 bits per heavy atom. The predicted molar refractivity (Wildman–Crippen MR) is 103 cm³/mol. The summed E-state index contributed by atoms with van der Waals surface area (Å²) in [6.45, 7) is 4.58. The molecule has 1 aliphatic heterocycles. The second-order valence-electron chi connectivity index (χ2n) is 6.94. The highest BCUT2D eigenvalue weighted by atomic mass is 79.9. The predicted octanol–water partition coefficient (Wildman–Crippen LogP) is 2.61. The van der Waals surface area contributed by atoms with Crippen LogP contribution in [0.4, 0.5) is 10.6 Å². The van der Waals surface area contributed by atoms with Gasteiger partial charge in [0.05, 0.1) is 18.0 Å². The van der Waals surface area contributed by atoms with Crippen LogP contribution in [0.5, 0.6) is 0 Å². The number of ether oxygens (including phenoxy) is 1. The molecular weight excluding hydrogens is 414 g/mol. The quantitative estimate of drug-likeness (QED) is 0.722. The second-order valence-corrected chi connectivity index (χ2v) is 7.86. The Balaban J connectivity index is 1.77. The number of carbonyl (C=O) groups is 1. The van der Waals surface area contributed by atoms with Crippen LogP contribution in [0.15, 0.2) is 34.2 Å². The van der Waals surface area contributed by atoms with Crippen LogP contribution in [-0.4, -0.2) is 41.0 Å². The fourth-order valence-corrected chi connectivity index (χ4v) is 3.83. The summed E-state index contributed by atoms with van der Waals surface area (Å²) < 4.78 is 6.00. The number of nitrogens with one attached hydrogen (secondary N) is 1. The smallest absolute Gasteiger partial charge is 0.407 e. The van der Waals surface area contributed by atoms with Gasteiger partial charge in [0, 0.05) is 26.6 Å². The third kappa shape index (κ3) is 3.01. The monoisotopic (exact) mass is 431 g/mol. The van der Waals surface area contributed by atoms with E-state index >= 15 is 0 Å². The van der Waals surface area contributed by atoms with E-state index in [0.29, 0.717) is 18.1 Å². The zero-order valence-corrected chi connectivity index (χ0v) is 16.4. The molecule has 0 radical (unpaired) electrons. The number of fused-ring (bicyclic) bond motifs is 3. The number of hydrogen-bond donors (Lipinski definition) is 2. The van der Waals surface area contributed by atoms with Gasteiger partial charge in [0.25, 0.3) is 0 Å². The number of nitrogens with two attached hydrogens (primary N) is 1. The maximum atomic E-state index is 11.1. The van der Waals surface area contributed by atoms with Gasteiger partial charge in [-0.05, 0) is 26.0 Å². The van der Waals surface area contributed by atoms with E-state index in [1.807, 2.05) is 32.0 Å². The largest absolute Gasteiger partial charge is 0.441 e.